The molecular weight excluding hydrogens is 950 g/mol. The van der Waals surface area contributed by atoms with E-state index >= 15 is 0 Å². The summed E-state index contributed by atoms with van der Waals surface area (Å²) in [7, 11) is 4.39. The number of benzene rings is 4. The lowest BCUT2D eigenvalue weighted by molar-refractivity contribution is 0.123. The summed E-state index contributed by atoms with van der Waals surface area (Å²) in [6, 6.07) is 17.0. The fourth-order valence-corrected chi connectivity index (χ4v) is 9.40. The molecule has 4 aromatic carbocycles. The number of alkyl halides is 2. The molecule has 0 saturated carbocycles. The molecule has 22 heteroatoms. The van der Waals surface area contributed by atoms with E-state index in [0.717, 1.165) is 29.2 Å². The summed E-state index contributed by atoms with van der Waals surface area (Å²) in [5.41, 5.74) is 2.15. The van der Waals surface area contributed by atoms with Crippen LogP contribution in [0.5, 0.6) is 0 Å². The summed E-state index contributed by atoms with van der Waals surface area (Å²) in [6.07, 6.45) is 2.39. The van der Waals surface area contributed by atoms with Crippen LogP contribution < -0.4 is 0 Å². The fraction of sp³-hybridized carbons (Fsp3) is 0.350. The third-order valence-corrected chi connectivity index (χ3v) is 15.4. The topological polar surface area (TPSA) is 55.4 Å². The van der Waals surface area contributed by atoms with Crippen molar-refractivity contribution in [3.05, 3.63) is 147 Å². The van der Waals surface area contributed by atoms with Crippen LogP contribution in [0.4, 0.5) is 43.9 Å². The van der Waals surface area contributed by atoms with Crippen LogP contribution >= 0.6 is 23.2 Å². The average molecular weight is 1000 g/mol. The van der Waals surface area contributed by atoms with E-state index in [1.165, 1.54) is 26.9 Å². The maximum atomic E-state index is 13.9. The number of aryl methyl sites for hydroxylation is 3. The van der Waals surface area contributed by atoms with Crippen molar-refractivity contribution in [1.82, 2.24) is 0 Å². The minimum atomic E-state index is -2.68. The smallest absolute Gasteiger partial charge is 0.377 e. The Morgan fingerprint density at radius 1 is 0.484 bits per heavy atom. The lowest BCUT2D eigenvalue weighted by Gasteiger charge is -2.24. The summed E-state index contributed by atoms with van der Waals surface area (Å²) in [5.74, 6) is -19.3. The lowest BCUT2D eigenvalue weighted by Crippen LogP contribution is -2.43. The van der Waals surface area contributed by atoms with Crippen molar-refractivity contribution < 1.29 is 70.5 Å². The standard InChI is InChI=1S/C20H22ClF5O3Si.C12H19ClO3Si.C8H3F5.2H4Si/c1-27-30(28-2,29-3)11-10-13-6-4-12(5-7-13)8-9-14(21)15-16(22)18(24)20(26)19(25)17(15)23;1-14-17(15-2,16-3)9-8-11-4-6-12(10-13)7-5-11;1-2-3-4(9)6(11)8(13)7(12)5(3)10;;/h4-7,14H,8-11H2,1-3H3;4-7H,8-10H2,1-3H3;2H,1H2;2*1H4. The molecule has 0 aromatic heterocycles. The van der Waals surface area contributed by atoms with E-state index < -0.39 is 92.3 Å². The minimum absolute atomic E-state index is 0. The second-order valence-electron chi connectivity index (χ2n) is 12.5. The number of hydrogen-bond donors (Lipinski definition) is 0. The summed E-state index contributed by atoms with van der Waals surface area (Å²) in [4.78, 5) is 0. The largest absolute Gasteiger partial charge is 0.500 e. The van der Waals surface area contributed by atoms with Gasteiger partial charge in [0.25, 0.3) is 0 Å². The molecular formula is C40H52Cl2F10O6Si4. The Morgan fingerprint density at radius 3 is 1.05 bits per heavy atom. The highest BCUT2D eigenvalue weighted by Gasteiger charge is 2.38. The van der Waals surface area contributed by atoms with E-state index in [-0.39, 0.29) is 28.4 Å². The van der Waals surface area contributed by atoms with Gasteiger partial charge in [-0.3, -0.25) is 0 Å². The molecule has 0 aliphatic heterocycles. The Morgan fingerprint density at radius 2 is 0.758 bits per heavy atom. The lowest BCUT2D eigenvalue weighted by atomic mass is 10.0. The van der Waals surface area contributed by atoms with Crippen LogP contribution in [0.3, 0.4) is 0 Å². The normalized spacial score (nSPS) is 11.6. The van der Waals surface area contributed by atoms with Gasteiger partial charge in [0.15, 0.2) is 46.5 Å². The quantitative estimate of drug-likeness (QED) is 0.0327. The Kier molecular flexibility index (Phi) is 26.8. The van der Waals surface area contributed by atoms with Gasteiger partial charge in [-0.25, -0.2) is 43.9 Å². The van der Waals surface area contributed by atoms with Crippen LogP contribution in [-0.4, -0.2) is 82.2 Å². The van der Waals surface area contributed by atoms with Crippen LogP contribution in [0.1, 0.15) is 45.2 Å². The molecule has 0 amide bonds. The van der Waals surface area contributed by atoms with Crippen molar-refractivity contribution in [2.24, 2.45) is 0 Å². The fourth-order valence-electron chi connectivity index (χ4n) is 5.51. The first-order valence-electron chi connectivity index (χ1n) is 17.7. The molecule has 0 fully saturated rings. The molecule has 0 heterocycles. The first-order chi connectivity index (χ1) is 28.4. The highest BCUT2D eigenvalue weighted by molar-refractivity contribution is 6.61. The predicted octanol–water partition coefficient (Wildman–Crippen LogP) is 8.68. The van der Waals surface area contributed by atoms with E-state index in [4.69, 9.17) is 49.8 Å². The van der Waals surface area contributed by atoms with E-state index in [1.54, 1.807) is 21.3 Å². The van der Waals surface area contributed by atoms with Gasteiger partial charge >= 0.3 is 17.6 Å². The summed E-state index contributed by atoms with van der Waals surface area (Å²) in [6.45, 7) is 2.93. The van der Waals surface area contributed by atoms with E-state index in [0.29, 0.717) is 30.8 Å². The van der Waals surface area contributed by atoms with Gasteiger partial charge in [-0.05, 0) is 69.9 Å². The Balaban J connectivity index is 0.000000983. The summed E-state index contributed by atoms with van der Waals surface area (Å²) >= 11 is 11.7. The monoisotopic (exact) mass is 1000 g/mol. The van der Waals surface area contributed by atoms with Crippen molar-refractivity contribution in [1.29, 1.82) is 0 Å². The summed E-state index contributed by atoms with van der Waals surface area (Å²) in [5, 5.41) is -1.37. The van der Waals surface area contributed by atoms with Gasteiger partial charge in [0.05, 0.1) is 10.9 Å². The first kappa shape index (κ1) is 59.1. The Hall–Kier alpha value is -2.87. The van der Waals surface area contributed by atoms with Gasteiger partial charge in [0.2, 0.25) is 11.6 Å². The zero-order valence-electron chi connectivity index (χ0n) is 33.4. The molecule has 0 aliphatic rings. The van der Waals surface area contributed by atoms with Gasteiger partial charge in [-0.1, -0.05) is 61.2 Å². The second-order valence-corrected chi connectivity index (χ2v) is 19.5. The SMILES string of the molecule is C=Cc1c(F)c(F)c(F)c(F)c1F.CO[Si](CCc1ccc(CCC(Cl)c2c(F)c(F)c(F)c(F)c2F)cc1)(OC)OC.CO[Si](CCc1ccc(CCl)cc1)(OC)OC.[SiH4].[SiH4]. The molecule has 0 radical (unpaired) electrons. The van der Waals surface area contributed by atoms with E-state index in [9.17, 15) is 43.9 Å². The van der Waals surface area contributed by atoms with Gasteiger partial charge in [0.1, 0.15) is 0 Å². The molecule has 4 rings (SSSR count). The molecule has 4 aromatic rings. The van der Waals surface area contributed by atoms with Crippen LogP contribution in [0.2, 0.25) is 12.1 Å². The molecule has 0 saturated heterocycles. The van der Waals surface area contributed by atoms with Crippen molar-refractivity contribution in [3.63, 3.8) is 0 Å². The van der Waals surface area contributed by atoms with Crippen molar-refractivity contribution >= 4 is 68.8 Å². The molecule has 0 spiro atoms. The second kappa shape index (κ2) is 28.1. The Labute approximate surface area is 376 Å². The van der Waals surface area contributed by atoms with Crippen molar-refractivity contribution in [2.45, 2.75) is 49.0 Å². The third kappa shape index (κ3) is 15.4. The molecule has 6 nitrogen and oxygen atoms in total. The van der Waals surface area contributed by atoms with Gasteiger partial charge in [-0.2, -0.15) is 0 Å². The molecule has 62 heavy (non-hydrogen) atoms. The maximum Gasteiger partial charge on any atom is 0.500 e. The van der Waals surface area contributed by atoms with Crippen LogP contribution in [0, 0.1) is 58.2 Å². The van der Waals surface area contributed by atoms with Gasteiger partial charge in [0, 0.05) is 66.2 Å². The molecule has 0 bridgehead atoms. The van der Waals surface area contributed by atoms with Gasteiger partial charge in [-0.15, -0.1) is 23.2 Å². The zero-order valence-corrected chi connectivity index (χ0v) is 36.9. The van der Waals surface area contributed by atoms with Crippen LogP contribution in [0.25, 0.3) is 6.08 Å². The molecule has 1 atom stereocenters. The molecule has 1 unspecified atom stereocenters. The molecule has 0 N–H and O–H groups in total. The Bertz CT molecular complexity index is 1930. The number of rotatable bonds is 18. The highest BCUT2D eigenvalue weighted by atomic mass is 35.5. The van der Waals surface area contributed by atoms with Crippen molar-refractivity contribution in [2.75, 3.05) is 42.7 Å². The summed E-state index contributed by atoms with van der Waals surface area (Å²) < 4.78 is 162. The average Bonchev–Trinajstić information content (AvgIpc) is 3.28. The minimum Gasteiger partial charge on any atom is -0.377 e. The van der Waals surface area contributed by atoms with Gasteiger partial charge < -0.3 is 26.6 Å². The molecule has 348 valence electrons. The van der Waals surface area contributed by atoms with Crippen LogP contribution in [-0.2, 0) is 51.7 Å². The zero-order chi connectivity index (χ0) is 45.4. The predicted molar refractivity (Wildman–Crippen MR) is 235 cm³/mol. The molecule has 0 aliphatic carbocycles. The maximum absolute atomic E-state index is 13.9. The third-order valence-electron chi connectivity index (χ3n) is 9.20. The number of halogens is 12. The first-order valence-corrected chi connectivity index (χ1v) is 22.5. The van der Waals surface area contributed by atoms with E-state index in [2.05, 4.69) is 18.7 Å². The van der Waals surface area contributed by atoms with Crippen LogP contribution in [0.15, 0.2) is 55.1 Å². The van der Waals surface area contributed by atoms with Crippen molar-refractivity contribution in [3.8, 4) is 0 Å². The highest BCUT2D eigenvalue weighted by Crippen LogP contribution is 2.34. The van der Waals surface area contributed by atoms with E-state index in [1.807, 2.05) is 36.4 Å². The number of hydrogen-bond acceptors (Lipinski definition) is 6.